The van der Waals surface area contributed by atoms with Crippen molar-refractivity contribution in [3.05, 3.63) is 181 Å². The van der Waals surface area contributed by atoms with Crippen molar-refractivity contribution in [1.29, 1.82) is 0 Å². The molecule has 0 fully saturated rings. The predicted octanol–water partition coefficient (Wildman–Crippen LogP) is 12.6. The monoisotopic (exact) mass is 755 g/mol. The third kappa shape index (κ3) is 5.75. The molecule has 57 heavy (non-hydrogen) atoms. The summed E-state index contributed by atoms with van der Waals surface area (Å²) in [5.41, 5.74) is 0.914. The second-order valence-electron chi connectivity index (χ2n) is 16.2. The Morgan fingerprint density at radius 1 is 0.561 bits per heavy atom. The van der Waals surface area contributed by atoms with Gasteiger partial charge in [-0.25, -0.2) is 0 Å². The van der Waals surface area contributed by atoms with Gasteiger partial charge >= 0.3 is 0 Å². The van der Waals surface area contributed by atoms with E-state index in [-0.39, 0.29) is 45.9 Å². The first kappa shape index (κ1) is 21.7. The highest BCUT2D eigenvalue weighted by molar-refractivity contribution is 7.00. The first-order chi connectivity index (χ1) is 34.2. The van der Waals surface area contributed by atoms with Gasteiger partial charge in [0, 0.05) is 50.9 Å². The molecule has 0 N–H and O–H groups in total. The number of benzene rings is 7. The molecule has 2 aliphatic heterocycles. The highest BCUT2D eigenvalue weighted by atomic mass is 16.3. The number of anilines is 9. The number of nitrogens with zero attached hydrogens (tertiary/aromatic N) is 3. The van der Waals surface area contributed by atoms with Gasteiger partial charge in [-0.05, 0) is 118 Å². The molecule has 0 radical (unpaired) electrons. The Kier molecular flexibility index (Phi) is 4.98. The Labute approximate surface area is 359 Å². The van der Waals surface area contributed by atoms with Gasteiger partial charge in [0.1, 0.15) is 5.58 Å². The van der Waals surface area contributed by atoms with E-state index < -0.39 is 113 Å². The van der Waals surface area contributed by atoms with Crippen molar-refractivity contribution < 1.29 is 26.3 Å². The van der Waals surface area contributed by atoms with Crippen molar-refractivity contribution in [2.75, 3.05) is 14.7 Å². The molecule has 278 valence electrons. The number of para-hydroxylation sites is 4. The average Bonchev–Trinajstić information content (AvgIpc) is 3.75. The minimum atomic E-state index is -1.17. The summed E-state index contributed by atoms with van der Waals surface area (Å²) in [6, 6.07) is 11.5. The van der Waals surface area contributed by atoms with Crippen molar-refractivity contribution in [1.82, 2.24) is 0 Å². The van der Waals surface area contributed by atoms with E-state index in [1.54, 1.807) is 35.2 Å². The molecule has 5 heteroatoms. The second-order valence-corrected chi connectivity index (χ2v) is 16.2. The maximum atomic E-state index is 10.5. The fourth-order valence-electron chi connectivity index (χ4n) is 7.71. The lowest BCUT2D eigenvalue weighted by Crippen LogP contribution is -2.61. The summed E-state index contributed by atoms with van der Waals surface area (Å²) in [6.45, 7) is 10.5. The largest absolute Gasteiger partial charge is 0.468 e. The maximum absolute atomic E-state index is 10.5. The lowest BCUT2D eigenvalue weighted by molar-refractivity contribution is 0.590. The first-order valence-corrected chi connectivity index (χ1v) is 18.8. The molecule has 0 saturated heterocycles. The molecule has 0 saturated carbocycles. The minimum Gasteiger partial charge on any atom is -0.468 e. The molecular formula is C52H46BN3O. The van der Waals surface area contributed by atoms with Crippen LogP contribution in [0.1, 0.15) is 74.6 Å². The zero-order valence-electron chi connectivity index (χ0n) is 48.3. The lowest BCUT2D eigenvalue weighted by atomic mass is 9.35. The summed E-state index contributed by atoms with van der Waals surface area (Å²) in [5, 5.41) is 0.235. The van der Waals surface area contributed by atoms with E-state index in [4.69, 9.17) is 12.6 Å². The van der Waals surface area contributed by atoms with Crippen LogP contribution in [0, 0.1) is 0 Å². The van der Waals surface area contributed by atoms with E-state index in [0.29, 0.717) is 39.5 Å². The molecule has 0 amide bonds. The highest BCUT2D eigenvalue weighted by Crippen LogP contribution is 2.49. The third-order valence-electron chi connectivity index (χ3n) is 10.5. The molecule has 1 aromatic heterocycles. The van der Waals surface area contributed by atoms with Crippen LogP contribution >= 0.6 is 0 Å². The molecular weight excluding hydrogens is 693 g/mol. The topological polar surface area (TPSA) is 22.9 Å². The standard InChI is InChI=1S/C52H46BN3O/c1-51(2,3)35-27-30-47-42(31-35)49-50(57-47)53-43-29-28-41(54(37-19-11-7-12-20-37)38-21-13-8-14-22-38)34-44(43)55(39-23-15-9-16-24-39)45-32-36(52(4,5)6)33-46(48(45)53)56(49)40-25-17-10-18-26-40/h7-34H,1-6H3/i7D,8D,11D,12D,13D,14D,19D,20D,21D,22D,27D,28D,29D,30D,31D,34D. The van der Waals surface area contributed by atoms with E-state index in [2.05, 4.69) is 0 Å². The Morgan fingerprint density at radius 3 is 1.70 bits per heavy atom. The summed E-state index contributed by atoms with van der Waals surface area (Å²) < 4.78 is 155. The molecule has 0 atom stereocenters. The van der Waals surface area contributed by atoms with E-state index in [1.165, 1.54) is 0 Å². The van der Waals surface area contributed by atoms with E-state index >= 15 is 0 Å². The zero-order valence-corrected chi connectivity index (χ0v) is 32.3. The minimum absolute atomic E-state index is 0.0372. The van der Waals surface area contributed by atoms with Gasteiger partial charge in [0.15, 0.2) is 0 Å². The fourth-order valence-corrected chi connectivity index (χ4v) is 7.71. The number of hydrogen-bond donors (Lipinski definition) is 0. The van der Waals surface area contributed by atoms with E-state index in [1.807, 2.05) is 88.9 Å². The van der Waals surface area contributed by atoms with Gasteiger partial charge in [0.05, 0.1) is 33.3 Å². The van der Waals surface area contributed by atoms with Crippen LogP contribution in [0.3, 0.4) is 0 Å². The SMILES string of the molecule is [2H]c1c([2H])c([2H])c(N(c2c([2H])c([2H])c([2H])c([2H])c2[2H])c2c([2H])c([2H])c3c(c2[2H])N(c2ccccc2)c2cc(C(C)(C)C)cc4c2B3c2oc3c([2H])c([2H])c(C(C)(C)C)c([2H])c3c2N4c2ccccc2)c([2H])c1[2H]. The van der Waals surface area contributed by atoms with Crippen LogP contribution in [0.2, 0.25) is 0 Å². The van der Waals surface area contributed by atoms with Crippen molar-refractivity contribution >= 4 is 85.5 Å². The van der Waals surface area contributed by atoms with Crippen molar-refractivity contribution in [3.8, 4) is 0 Å². The molecule has 0 aliphatic carbocycles. The molecule has 0 spiro atoms. The number of rotatable bonds is 5. The van der Waals surface area contributed by atoms with Crippen LogP contribution < -0.4 is 31.3 Å². The summed E-state index contributed by atoms with van der Waals surface area (Å²) >= 11 is 0. The number of hydrogen-bond acceptors (Lipinski definition) is 4. The molecule has 8 aromatic rings. The van der Waals surface area contributed by atoms with Crippen LogP contribution in [0.5, 0.6) is 0 Å². The van der Waals surface area contributed by atoms with Crippen LogP contribution in [0.25, 0.3) is 11.0 Å². The average molecular weight is 756 g/mol. The molecule has 10 rings (SSSR count). The highest BCUT2D eigenvalue weighted by Gasteiger charge is 2.47. The fraction of sp³-hybridized carbons (Fsp3) is 0.154. The van der Waals surface area contributed by atoms with Gasteiger partial charge < -0.3 is 19.1 Å². The van der Waals surface area contributed by atoms with E-state index in [0.717, 1.165) is 10.5 Å². The third-order valence-corrected chi connectivity index (χ3v) is 10.5. The molecule has 0 bridgehead atoms. The van der Waals surface area contributed by atoms with Gasteiger partial charge in [-0.1, -0.05) is 126 Å². The van der Waals surface area contributed by atoms with Gasteiger partial charge in [0.25, 0.3) is 6.71 Å². The molecule has 0 unspecified atom stereocenters. The van der Waals surface area contributed by atoms with E-state index in [9.17, 15) is 13.7 Å². The summed E-state index contributed by atoms with van der Waals surface area (Å²) in [6.07, 6.45) is 0. The van der Waals surface area contributed by atoms with Crippen molar-refractivity contribution in [2.24, 2.45) is 0 Å². The van der Waals surface area contributed by atoms with Crippen LogP contribution in [-0.4, -0.2) is 6.71 Å². The van der Waals surface area contributed by atoms with Crippen molar-refractivity contribution in [2.45, 2.75) is 52.4 Å². The van der Waals surface area contributed by atoms with Gasteiger partial charge in [-0.2, -0.15) is 0 Å². The first-order valence-electron chi connectivity index (χ1n) is 26.8. The summed E-state index contributed by atoms with van der Waals surface area (Å²) in [5.74, 6) is 0. The van der Waals surface area contributed by atoms with Gasteiger partial charge in [0.2, 0.25) is 0 Å². The zero-order chi connectivity index (χ0) is 53.0. The second kappa shape index (κ2) is 13.1. The molecule has 2 aliphatic rings. The van der Waals surface area contributed by atoms with Gasteiger partial charge in [-0.15, -0.1) is 0 Å². The Bertz CT molecular complexity index is 3580. The quantitative estimate of drug-likeness (QED) is 0.163. The summed E-state index contributed by atoms with van der Waals surface area (Å²) in [4.78, 5) is 4.47. The van der Waals surface area contributed by atoms with Crippen molar-refractivity contribution in [3.63, 3.8) is 0 Å². The maximum Gasteiger partial charge on any atom is 0.297 e. The smallest absolute Gasteiger partial charge is 0.297 e. The Hall–Kier alpha value is -6.46. The molecule has 4 nitrogen and oxygen atoms in total. The number of furan rings is 1. The lowest BCUT2D eigenvalue weighted by Gasteiger charge is -2.43. The normalized spacial score (nSPS) is 17.3. The Balaban J connectivity index is 1.45. The van der Waals surface area contributed by atoms with Gasteiger partial charge in [-0.3, -0.25) is 0 Å². The molecule has 7 aromatic carbocycles. The Morgan fingerprint density at radius 2 is 1.12 bits per heavy atom. The van der Waals surface area contributed by atoms with Crippen LogP contribution in [0.4, 0.5) is 51.2 Å². The van der Waals surface area contributed by atoms with Crippen LogP contribution in [-0.2, 0) is 10.8 Å². The molecule has 3 heterocycles. The predicted molar refractivity (Wildman–Crippen MR) is 242 cm³/mol. The summed E-state index contributed by atoms with van der Waals surface area (Å²) in [7, 11) is 0. The van der Waals surface area contributed by atoms with Crippen LogP contribution in [0.15, 0.2) is 174 Å². The number of fused-ring (bicyclic) bond motifs is 6.